The Hall–Kier alpha value is -2.00. The van der Waals surface area contributed by atoms with Gasteiger partial charge in [0.2, 0.25) is 0 Å². The maximum atomic E-state index is 13.3. The first-order valence-electron chi connectivity index (χ1n) is 6.76. The van der Waals surface area contributed by atoms with Crippen LogP contribution in [0.5, 0.6) is 0 Å². The van der Waals surface area contributed by atoms with Crippen LogP contribution in [0.3, 0.4) is 0 Å². The third-order valence-corrected chi connectivity index (χ3v) is 3.90. The number of nitrogens with one attached hydrogen (secondary N) is 1. The Morgan fingerprint density at radius 2 is 1.95 bits per heavy atom. The first-order valence-corrected chi connectivity index (χ1v) is 7.13. The fourth-order valence-electron chi connectivity index (χ4n) is 2.51. The Labute approximate surface area is 127 Å². The number of anilines is 1. The van der Waals surface area contributed by atoms with Crippen molar-refractivity contribution in [1.29, 1.82) is 0 Å². The molecule has 0 aliphatic rings. The summed E-state index contributed by atoms with van der Waals surface area (Å²) >= 11 is 6.09. The van der Waals surface area contributed by atoms with Gasteiger partial charge in [0.1, 0.15) is 17.2 Å². The quantitative estimate of drug-likeness (QED) is 0.670. The highest BCUT2D eigenvalue weighted by Gasteiger charge is 2.17. The van der Waals surface area contributed by atoms with Crippen molar-refractivity contribution >= 4 is 28.3 Å². The van der Waals surface area contributed by atoms with Gasteiger partial charge in [0.05, 0.1) is 16.8 Å². The summed E-state index contributed by atoms with van der Waals surface area (Å²) in [5.74, 6) is 0.506. The lowest BCUT2D eigenvalue weighted by atomic mass is 10.1. The van der Waals surface area contributed by atoms with Gasteiger partial charge in [-0.25, -0.2) is 4.39 Å². The number of para-hydroxylation sites is 1. The van der Waals surface area contributed by atoms with Crippen molar-refractivity contribution < 1.29 is 8.81 Å². The molecule has 2 aromatic carbocycles. The lowest BCUT2D eigenvalue weighted by Crippen LogP contribution is -2.07. The third-order valence-electron chi connectivity index (χ3n) is 3.57. The number of hydrogen-bond donors (Lipinski definition) is 1. The van der Waals surface area contributed by atoms with Crippen molar-refractivity contribution in [2.24, 2.45) is 0 Å². The number of aryl methyl sites for hydroxylation is 1. The number of rotatable bonds is 3. The fourth-order valence-corrected chi connectivity index (χ4v) is 2.69. The van der Waals surface area contributed by atoms with Crippen LogP contribution in [0.1, 0.15) is 24.3 Å². The van der Waals surface area contributed by atoms with Crippen molar-refractivity contribution in [3.05, 3.63) is 64.6 Å². The van der Waals surface area contributed by atoms with Gasteiger partial charge in [-0.3, -0.25) is 0 Å². The second-order valence-electron chi connectivity index (χ2n) is 5.08. The smallest absolute Gasteiger partial charge is 0.134 e. The van der Waals surface area contributed by atoms with Crippen molar-refractivity contribution in [2.45, 2.75) is 19.9 Å². The van der Waals surface area contributed by atoms with E-state index < -0.39 is 0 Å². The van der Waals surface area contributed by atoms with E-state index in [1.807, 2.05) is 38.1 Å². The number of halogens is 2. The van der Waals surface area contributed by atoms with E-state index in [4.69, 9.17) is 16.0 Å². The van der Waals surface area contributed by atoms with Crippen molar-refractivity contribution in [2.75, 3.05) is 5.32 Å². The van der Waals surface area contributed by atoms with Crippen LogP contribution in [0.25, 0.3) is 11.0 Å². The second-order valence-corrected chi connectivity index (χ2v) is 5.48. The highest BCUT2D eigenvalue weighted by Crippen LogP contribution is 2.32. The van der Waals surface area contributed by atoms with Gasteiger partial charge in [0.15, 0.2) is 0 Å². The van der Waals surface area contributed by atoms with Crippen LogP contribution in [0.4, 0.5) is 10.1 Å². The topological polar surface area (TPSA) is 25.2 Å². The monoisotopic (exact) mass is 303 g/mol. The summed E-state index contributed by atoms with van der Waals surface area (Å²) in [6, 6.07) is 12.0. The molecule has 0 aliphatic carbocycles. The largest absolute Gasteiger partial charge is 0.459 e. The SMILES string of the molecule is Cc1c(C(C)Nc2cc(F)ccc2Cl)oc2ccccc12. The Kier molecular flexibility index (Phi) is 3.60. The summed E-state index contributed by atoms with van der Waals surface area (Å²) in [7, 11) is 0. The van der Waals surface area contributed by atoms with Gasteiger partial charge in [-0.2, -0.15) is 0 Å². The molecular weight excluding hydrogens is 289 g/mol. The lowest BCUT2D eigenvalue weighted by molar-refractivity contribution is 0.522. The Bertz CT molecular complexity index is 797. The molecule has 0 amide bonds. The molecule has 1 aromatic heterocycles. The molecule has 0 fully saturated rings. The first-order chi connectivity index (χ1) is 10.1. The zero-order valence-electron chi connectivity index (χ0n) is 11.8. The molecule has 3 aromatic rings. The van der Waals surface area contributed by atoms with E-state index in [9.17, 15) is 4.39 Å². The second kappa shape index (κ2) is 5.41. The molecular formula is C17H15ClFNO. The van der Waals surface area contributed by atoms with Gasteiger partial charge in [-0.15, -0.1) is 0 Å². The molecule has 0 radical (unpaired) electrons. The maximum Gasteiger partial charge on any atom is 0.134 e. The van der Waals surface area contributed by atoms with Crippen molar-refractivity contribution in [1.82, 2.24) is 0 Å². The van der Waals surface area contributed by atoms with Gasteiger partial charge in [-0.05, 0) is 38.1 Å². The van der Waals surface area contributed by atoms with E-state index in [0.29, 0.717) is 10.7 Å². The van der Waals surface area contributed by atoms with Gasteiger partial charge in [0.25, 0.3) is 0 Å². The summed E-state index contributed by atoms with van der Waals surface area (Å²) in [4.78, 5) is 0. The molecule has 21 heavy (non-hydrogen) atoms. The summed E-state index contributed by atoms with van der Waals surface area (Å²) in [5, 5.41) is 4.78. The van der Waals surface area contributed by atoms with Crippen molar-refractivity contribution in [3.8, 4) is 0 Å². The van der Waals surface area contributed by atoms with E-state index in [-0.39, 0.29) is 11.9 Å². The summed E-state index contributed by atoms with van der Waals surface area (Å²) in [5.41, 5.74) is 2.49. The van der Waals surface area contributed by atoms with Crippen LogP contribution in [0.15, 0.2) is 46.9 Å². The molecule has 0 aliphatic heterocycles. The molecule has 0 saturated carbocycles. The standard InChI is InChI=1S/C17H15ClFNO/c1-10-13-5-3-4-6-16(13)21-17(10)11(2)20-15-9-12(19)7-8-14(15)18/h3-9,11,20H,1-2H3. The highest BCUT2D eigenvalue weighted by atomic mass is 35.5. The average Bonchev–Trinajstić information content (AvgIpc) is 2.81. The average molecular weight is 304 g/mol. The minimum absolute atomic E-state index is 0.114. The van der Waals surface area contributed by atoms with E-state index in [0.717, 1.165) is 22.3 Å². The van der Waals surface area contributed by atoms with Gasteiger partial charge in [0, 0.05) is 10.9 Å². The van der Waals surface area contributed by atoms with Crippen LogP contribution in [-0.4, -0.2) is 0 Å². The van der Waals surface area contributed by atoms with Crippen LogP contribution in [-0.2, 0) is 0 Å². The van der Waals surface area contributed by atoms with Crippen LogP contribution < -0.4 is 5.32 Å². The minimum Gasteiger partial charge on any atom is -0.459 e. The van der Waals surface area contributed by atoms with E-state index in [1.165, 1.54) is 18.2 Å². The molecule has 1 heterocycles. The predicted molar refractivity (Wildman–Crippen MR) is 84.4 cm³/mol. The normalized spacial score (nSPS) is 12.6. The Balaban J connectivity index is 1.95. The zero-order chi connectivity index (χ0) is 15.0. The number of furan rings is 1. The first kappa shape index (κ1) is 14.0. The molecule has 0 saturated heterocycles. The summed E-state index contributed by atoms with van der Waals surface area (Å²) in [6.45, 7) is 3.98. The van der Waals surface area contributed by atoms with Crippen LogP contribution in [0, 0.1) is 12.7 Å². The van der Waals surface area contributed by atoms with Gasteiger partial charge >= 0.3 is 0 Å². The molecule has 4 heteroatoms. The van der Waals surface area contributed by atoms with Crippen molar-refractivity contribution in [3.63, 3.8) is 0 Å². The molecule has 1 N–H and O–H groups in total. The Morgan fingerprint density at radius 3 is 2.71 bits per heavy atom. The fraction of sp³-hybridized carbons (Fsp3) is 0.176. The minimum atomic E-state index is -0.324. The van der Waals surface area contributed by atoms with E-state index >= 15 is 0 Å². The molecule has 2 nitrogen and oxygen atoms in total. The molecule has 0 spiro atoms. The molecule has 0 bridgehead atoms. The number of benzene rings is 2. The van der Waals surface area contributed by atoms with Gasteiger partial charge < -0.3 is 9.73 Å². The molecule has 1 atom stereocenters. The van der Waals surface area contributed by atoms with E-state index in [1.54, 1.807) is 0 Å². The van der Waals surface area contributed by atoms with Gasteiger partial charge in [-0.1, -0.05) is 29.8 Å². The molecule has 1 unspecified atom stereocenters. The zero-order valence-corrected chi connectivity index (χ0v) is 12.5. The molecule has 108 valence electrons. The third kappa shape index (κ3) is 2.61. The number of hydrogen-bond acceptors (Lipinski definition) is 2. The summed E-state index contributed by atoms with van der Waals surface area (Å²) < 4.78 is 19.2. The molecule has 3 rings (SSSR count). The summed E-state index contributed by atoms with van der Waals surface area (Å²) in [6.07, 6.45) is 0. The Morgan fingerprint density at radius 1 is 1.19 bits per heavy atom. The van der Waals surface area contributed by atoms with Crippen LogP contribution in [0.2, 0.25) is 5.02 Å². The highest BCUT2D eigenvalue weighted by molar-refractivity contribution is 6.33. The number of fused-ring (bicyclic) bond motifs is 1. The maximum absolute atomic E-state index is 13.3. The van der Waals surface area contributed by atoms with E-state index in [2.05, 4.69) is 5.32 Å². The predicted octanol–water partition coefficient (Wildman–Crippen LogP) is 5.71. The van der Waals surface area contributed by atoms with Crippen LogP contribution >= 0.6 is 11.6 Å². The lowest BCUT2D eigenvalue weighted by Gasteiger charge is -2.15.